The SMILES string of the molecule is CC1CCCN(C)CC1n1cc(C(=O)NCc2ccc(F)cc2F)c(=O)c(O)c1C=O. The van der Waals surface area contributed by atoms with Gasteiger partial charge in [-0.2, -0.15) is 0 Å². The number of carbonyl (C=O) groups is 2. The largest absolute Gasteiger partial charge is 0.503 e. The van der Waals surface area contributed by atoms with Crippen LogP contribution in [0.25, 0.3) is 0 Å². The Morgan fingerprint density at radius 2 is 2.10 bits per heavy atom. The predicted octanol–water partition coefficient (Wildman–Crippen LogP) is 2.48. The third-order valence-corrected chi connectivity index (χ3v) is 5.77. The fourth-order valence-corrected chi connectivity index (χ4v) is 3.95. The van der Waals surface area contributed by atoms with Crippen LogP contribution in [-0.4, -0.2) is 46.9 Å². The second-order valence-electron chi connectivity index (χ2n) is 8.00. The van der Waals surface area contributed by atoms with Gasteiger partial charge in [-0.25, -0.2) is 8.78 Å². The van der Waals surface area contributed by atoms with E-state index in [1.165, 1.54) is 16.8 Å². The van der Waals surface area contributed by atoms with E-state index >= 15 is 0 Å². The molecule has 3 rings (SSSR count). The molecule has 2 unspecified atom stereocenters. The van der Waals surface area contributed by atoms with Crippen LogP contribution in [-0.2, 0) is 6.54 Å². The van der Waals surface area contributed by atoms with E-state index in [1.54, 1.807) is 0 Å². The number of nitrogens with zero attached hydrogens (tertiary/aromatic N) is 2. The topological polar surface area (TPSA) is 91.6 Å². The van der Waals surface area contributed by atoms with E-state index in [2.05, 4.69) is 10.2 Å². The minimum absolute atomic E-state index is 0.0443. The maximum absolute atomic E-state index is 13.8. The fraction of sp³-hybridized carbons (Fsp3) is 0.409. The van der Waals surface area contributed by atoms with E-state index in [9.17, 15) is 28.3 Å². The molecule has 2 N–H and O–H groups in total. The Kier molecular flexibility index (Phi) is 6.84. The number of hydrogen-bond acceptors (Lipinski definition) is 5. The Balaban J connectivity index is 1.95. The van der Waals surface area contributed by atoms with Crippen LogP contribution in [0.15, 0.2) is 29.2 Å². The van der Waals surface area contributed by atoms with Crippen LogP contribution in [0.5, 0.6) is 5.75 Å². The highest BCUT2D eigenvalue weighted by atomic mass is 19.1. The van der Waals surface area contributed by atoms with Crippen molar-refractivity contribution in [2.45, 2.75) is 32.4 Å². The lowest BCUT2D eigenvalue weighted by Gasteiger charge is -2.29. The Labute approximate surface area is 178 Å². The van der Waals surface area contributed by atoms with Crippen molar-refractivity contribution in [2.75, 3.05) is 20.1 Å². The normalized spacial score (nSPS) is 19.6. The Bertz CT molecular complexity index is 1050. The molecule has 0 spiro atoms. The molecular weight excluding hydrogens is 408 g/mol. The van der Waals surface area contributed by atoms with Gasteiger partial charge in [0.2, 0.25) is 5.43 Å². The summed E-state index contributed by atoms with van der Waals surface area (Å²) in [6.07, 6.45) is 3.53. The number of halogens is 2. The summed E-state index contributed by atoms with van der Waals surface area (Å²) in [4.78, 5) is 39.0. The maximum Gasteiger partial charge on any atom is 0.257 e. The van der Waals surface area contributed by atoms with Crippen LogP contribution in [0, 0.1) is 17.6 Å². The molecule has 31 heavy (non-hydrogen) atoms. The summed E-state index contributed by atoms with van der Waals surface area (Å²) >= 11 is 0. The van der Waals surface area contributed by atoms with Crippen LogP contribution < -0.4 is 10.7 Å². The van der Waals surface area contributed by atoms with E-state index in [0.717, 1.165) is 25.5 Å². The van der Waals surface area contributed by atoms with Crippen molar-refractivity contribution in [3.63, 3.8) is 0 Å². The average molecular weight is 433 g/mol. The minimum Gasteiger partial charge on any atom is -0.503 e. The van der Waals surface area contributed by atoms with Crippen LogP contribution in [0.1, 0.15) is 52.2 Å². The third kappa shape index (κ3) is 4.82. The van der Waals surface area contributed by atoms with E-state index < -0.39 is 28.7 Å². The molecule has 0 bridgehead atoms. The van der Waals surface area contributed by atoms with Gasteiger partial charge in [-0.05, 0) is 38.4 Å². The Morgan fingerprint density at radius 3 is 2.77 bits per heavy atom. The van der Waals surface area contributed by atoms with Gasteiger partial charge in [-0.3, -0.25) is 14.4 Å². The first-order valence-electron chi connectivity index (χ1n) is 10.1. The Hall–Kier alpha value is -3.07. The molecule has 1 aromatic carbocycles. The molecule has 9 heteroatoms. The number of amides is 1. The van der Waals surface area contributed by atoms with Gasteiger partial charge in [0.1, 0.15) is 22.9 Å². The first kappa shape index (κ1) is 22.6. The lowest BCUT2D eigenvalue weighted by Crippen LogP contribution is -2.34. The predicted molar refractivity (Wildman–Crippen MR) is 110 cm³/mol. The summed E-state index contributed by atoms with van der Waals surface area (Å²) < 4.78 is 28.4. The number of hydrogen-bond donors (Lipinski definition) is 2. The molecule has 0 saturated carbocycles. The van der Waals surface area contributed by atoms with Crippen molar-refractivity contribution in [1.82, 2.24) is 14.8 Å². The Morgan fingerprint density at radius 1 is 1.35 bits per heavy atom. The molecular formula is C22H25F2N3O4. The van der Waals surface area contributed by atoms with Gasteiger partial charge >= 0.3 is 0 Å². The van der Waals surface area contributed by atoms with Gasteiger partial charge in [0.25, 0.3) is 5.91 Å². The van der Waals surface area contributed by atoms with E-state index in [1.807, 2.05) is 14.0 Å². The van der Waals surface area contributed by atoms with Crippen molar-refractivity contribution in [1.29, 1.82) is 0 Å². The van der Waals surface area contributed by atoms with Crippen molar-refractivity contribution < 1.29 is 23.5 Å². The monoisotopic (exact) mass is 433 g/mol. The zero-order valence-corrected chi connectivity index (χ0v) is 17.4. The highest BCUT2D eigenvalue weighted by Crippen LogP contribution is 2.29. The molecule has 0 aliphatic carbocycles. The number of nitrogens with one attached hydrogen (secondary N) is 1. The number of aromatic nitrogens is 1. The lowest BCUT2D eigenvalue weighted by molar-refractivity contribution is 0.0945. The third-order valence-electron chi connectivity index (χ3n) is 5.77. The standard InChI is InChI=1S/C22H25F2N3O4/c1-13-4-3-7-26(2)11-18(13)27-10-16(20(29)21(30)19(27)12-28)22(31)25-9-14-5-6-15(23)8-17(14)24/h5-6,8,10,12-13,18,30H,3-4,7,9,11H2,1-2H3,(H,25,31). The molecule has 1 aliphatic heterocycles. The molecule has 2 atom stereocenters. The fourth-order valence-electron chi connectivity index (χ4n) is 3.95. The van der Waals surface area contributed by atoms with Crippen molar-refractivity contribution in [2.24, 2.45) is 5.92 Å². The van der Waals surface area contributed by atoms with E-state index in [0.29, 0.717) is 18.9 Å². The van der Waals surface area contributed by atoms with Crippen molar-refractivity contribution in [3.05, 3.63) is 63.1 Å². The smallest absolute Gasteiger partial charge is 0.257 e. The molecule has 0 radical (unpaired) electrons. The summed E-state index contributed by atoms with van der Waals surface area (Å²) in [5.74, 6) is -3.06. The molecule has 2 heterocycles. The first-order chi connectivity index (χ1) is 14.7. The molecule has 1 aromatic heterocycles. The van der Waals surface area contributed by atoms with Crippen molar-refractivity contribution in [3.8, 4) is 5.75 Å². The van der Waals surface area contributed by atoms with Gasteiger partial charge < -0.3 is 19.9 Å². The van der Waals surface area contributed by atoms with Crippen LogP contribution >= 0.6 is 0 Å². The average Bonchev–Trinajstić information content (AvgIpc) is 2.89. The number of rotatable bonds is 5. The van der Waals surface area contributed by atoms with Crippen LogP contribution in [0.2, 0.25) is 0 Å². The van der Waals surface area contributed by atoms with Gasteiger partial charge in [0.15, 0.2) is 12.0 Å². The summed E-state index contributed by atoms with van der Waals surface area (Å²) in [5.41, 5.74) is -1.48. The zero-order chi connectivity index (χ0) is 22.7. The quantitative estimate of drug-likeness (QED) is 0.707. The number of likely N-dealkylation sites (N-methyl/N-ethyl adjacent to an activating group) is 1. The van der Waals surface area contributed by atoms with Gasteiger partial charge in [0.05, 0.1) is 0 Å². The maximum atomic E-state index is 13.8. The summed E-state index contributed by atoms with van der Waals surface area (Å²) in [6, 6.07) is 2.72. The minimum atomic E-state index is -0.981. The van der Waals surface area contributed by atoms with E-state index in [4.69, 9.17) is 0 Å². The summed E-state index contributed by atoms with van der Waals surface area (Å²) in [6.45, 7) is 3.19. The molecule has 1 saturated heterocycles. The second-order valence-corrected chi connectivity index (χ2v) is 8.00. The molecule has 1 fully saturated rings. The number of benzene rings is 1. The van der Waals surface area contributed by atoms with Gasteiger partial charge in [0, 0.05) is 37.0 Å². The summed E-state index contributed by atoms with van der Waals surface area (Å²) in [5, 5.41) is 12.8. The second kappa shape index (κ2) is 9.38. The van der Waals surface area contributed by atoms with Crippen LogP contribution in [0.3, 0.4) is 0 Å². The first-order valence-corrected chi connectivity index (χ1v) is 10.1. The van der Waals surface area contributed by atoms with Crippen molar-refractivity contribution >= 4 is 12.2 Å². The van der Waals surface area contributed by atoms with Gasteiger partial charge in [-0.1, -0.05) is 13.0 Å². The van der Waals surface area contributed by atoms with Gasteiger partial charge in [-0.15, -0.1) is 0 Å². The van der Waals surface area contributed by atoms with E-state index in [-0.39, 0.29) is 35.3 Å². The number of aromatic hydroxyl groups is 1. The molecule has 166 valence electrons. The number of aldehydes is 1. The van der Waals surface area contributed by atoms with Crippen LogP contribution in [0.4, 0.5) is 8.78 Å². The summed E-state index contributed by atoms with van der Waals surface area (Å²) in [7, 11) is 1.94. The zero-order valence-electron chi connectivity index (χ0n) is 17.4. The molecule has 7 nitrogen and oxygen atoms in total. The number of likely N-dealkylation sites (tertiary alicyclic amines) is 1. The highest BCUT2D eigenvalue weighted by Gasteiger charge is 2.28. The number of pyridine rings is 1. The molecule has 1 aliphatic rings. The number of carbonyl (C=O) groups excluding carboxylic acids is 2. The lowest BCUT2D eigenvalue weighted by atomic mass is 9.96. The molecule has 1 amide bonds. The highest BCUT2D eigenvalue weighted by molar-refractivity contribution is 5.95. The molecule has 2 aromatic rings.